The average Bonchev–Trinajstić information content (AvgIpc) is 1.62. The van der Waals surface area contributed by atoms with E-state index in [1.165, 1.54) is 91.6 Å². The van der Waals surface area contributed by atoms with Crippen molar-refractivity contribution in [1.29, 1.82) is 0 Å². The molecule has 4 aromatic heterocycles. The summed E-state index contributed by atoms with van der Waals surface area (Å²) >= 11 is 2.10. The number of imidazole rings is 2. The molecule has 0 radical (unpaired) electrons. The molecule has 2 aliphatic heterocycles. The summed E-state index contributed by atoms with van der Waals surface area (Å²) < 4.78 is 124. The van der Waals surface area contributed by atoms with E-state index in [1.807, 2.05) is 13.0 Å². The standard InChI is InChI=1S/C37H64N7O17P3S.C27H44N7O17P3S/c1-4-5-6-7-8-9-10-11-12-13-14-15-16-17-28(46)65-21-20-39-27(45)18-19-40-35(49)32(48)37(2,3)23-58-64(55,56)61-63(53,54)57-22-26-31(60-62(50,51)52)30(47)36(59-26)44-25-43-29-33(38)41-24-42-34(29)44;1-4-5-6-7-18(36)55-11-10-29-17(35)8-9-30-25(39)22(38)27(2,3)13-48-54(45,46)51-53(43,44)47-12-16-21(50-52(40,41)42)20(37)26(49-16)34-15-33-19-23(28)31-14-32-24(19)34/h16-17,24-26,30-32,36,47-48H,4-15,18-23H2,1-3H3,(H,39,45)(H,40,49)(H,53,54)(H,55,56)(H2,38,41,42)(H2,50,51,52);6-7,14-16,20-22,26,37-38H,4-5,8-13H2,1-3H3,(H,29,35)(H,30,39)(H,43,44)(H,45,46)(H2,28,31,32)(H2,40,41,42)/t26-,30-,31-,32+,36-;16-,20-,21-,22+,26-/m11/s1. The number of unbranched alkanes of at least 4 members (excludes halogenated alkanes) is 12. The highest BCUT2D eigenvalue weighted by Crippen LogP contribution is 2.63. The van der Waals surface area contributed by atoms with Crippen molar-refractivity contribution in [2.24, 2.45) is 10.8 Å². The van der Waals surface area contributed by atoms with E-state index in [4.69, 9.17) is 39.0 Å². The molecule has 0 bridgehead atoms. The first-order chi connectivity index (χ1) is 56.1. The van der Waals surface area contributed by atoms with Crippen LogP contribution in [-0.2, 0) is 101 Å². The Hall–Kier alpha value is -5.40. The first kappa shape index (κ1) is 105. The number of hydrogen-bond donors (Lipinski definition) is 18. The molecular formula is C64H108N14O34P6S2. The Morgan fingerprint density at radius 3 is 1.23 bits per heavy atom. The molecule has 120 heavy (non-hydrogen) atoms. The minimum absolute atomic E-state index is 0.0305. The van der Waals surface area contributed by atoms with Gasteiger partial charge in [-0.3, -0.25) is 65.0 Å². The number of nitrogens with zero attached hydrogens (tertiary/aromatic N) is 8. The van der Waals surface area contributed by atoms with Crippen LogP contribution in [0.25, 0.3) is 22.3 Å². The Morgan fingerprint density at radius 2 is 0.867 bits per heavy atom. The van der Waals surface area contributed by atoms with Gasteiger partial charge in [0.2, 0.25) is 33.9 Å². The zero-order valence-corrected chi connectivity index (χ0v) is 73.4. The lowest BCUT2D eigenvalue weighted by atomic mass is 9.87. The Bertz CT molecular complexity index is 4370. The van der Waals surface area contributed by atoms with Gasteiger partial charge in [-0.1, -0.05) is 148 Å². The summed E-state index contributed by atoms with van der Waals surface area (Å²) in [6.45, 7) is 5.22. The van der Waals surface area contributed by atoms with E-state index in [0.29, 0.717) is 11.5 Å². The highest BCUT2D eigenvalue weighted by molar-refractivity contribution is 8.14. The summed E-state index contributed by atoms with van der Waals surface area (Å²) in [6.07, 6.45) is 9.17. The SMILES string of the molecule is CCCC=CC(=O)SCCNC(=O)CCNC(=O)[C@H](O)C(C)(C)COP(=O)(O)OP(=O)(O)OC[C@H]1O[C@@H](n2cnc3c(N)ncnc32)[C@H](O)[C@@H]1OP(=O)(O)O.CCCCCCCCCCCCCC=CC(=O)SCCNC(=O)CCNC(=O)[C@H](O)C(C)(C)COP(=O)(O)OP(=O)(O)OC[C@H]1O[C@@H](n2cnc3c(N)ncnc32)[C@H](O)[C@@H]1OP(=O)(O)O. The summed E-state index contributed by atoms with van der Waals surface area (Å²) in [5, 5.41) is 52.6. The number of carbonyl (C=O) groups is 6. The molecule has 4 unspecified atom stereocenters. The Kier molecular flexibility index (Phi) is 43.4. The maximum absolute atomic E-state index is 12.7. The molecule has 48 nitrogen and oxygen atoms in total. The fraction of sp³-hybridized carbons (Fsp3) is 0.688. The van der Waals surface area contributed by atoms with Gasteiger partial charge in [-0.2, -0.15) is 8.62 Å². The van der Waals surface area contributed by atoms with Crippen LogP contribution in [0.5, 0.6) is 0 Å². The summed E-state index contributed by atoms with van der Waals surface area (Å²) in [7, 11) is -32.8. The third-order valence-electron chi connectivity index (χ3n) is 17.4. The van der Waals surface area contributed by atoms with Crippen molar-refractivity contribution in [2.75, 3.05) is 75.6 Å². The van der Waals surface area contributed by atoms with E-state index in [1.54, 1.807) is 12.2 Å². The van der Waals surface area contributed by atoms with Crippen molar-refractivity contribution in [3.05, 3.63) is 49.6 Å². The minimum atomic E-state index is -5.58. The smallest absolute Gasteiger partial charge is 0.386 e. The van der Waals surface area contributed by atoms with Gasteiger partial charge in [-0.05, 0) is 31.4 Å². The summed E-state index contributed by atoms with van der Waals surface area (Å²) in [4.78, 5) is 175. The lowest BCUT2D eigenvalue weighted by Gasteiger charge is -2.30. The molecule has 4 aromatic rings. The van der Waals surface area contributed by atoms with Gasteiger partial charge in [-0.25, -0.2) is 57.3 Å². The number of aliphatic hydroxyl groups is 4. The van der Waals surface area contributed by atoms with Gasteiger partial charge in [-0.15, -0.1) is 0 Å². The normalized spacial score (nSPS) is 21.1. The molecule has 2 saturated heterocycles. The average molecular weight is 1870 g/mol. The molecule has 0 aromatic carbocycles. The number of rotatable bonds is 54. The van der Waals surface area contributed by atoms with E-state index >= 15 is 0 Å². The number of nitrogen functional groups attached to an aromatic ring is 2. The van der Waals surface area contributed by atoms with Crippen LogP contribution in [0.2, 0.25) is 0 Å². The van der Waals surface area contributed by atoms with Crippen LogP contribution in [-0.4, -0.2) is 245 Å². The molecule has 4 amide bonds. The third-order valence-corrected chi connectivity index (χ3v) is 25.3. The fourth-order valence-corrected chi connectivity index (χ4v) is 18.0. The Balaban J connectivity index is 0.000000433. The van der Waals surface area contributed by atoms with Crippen LogP contribution in [0.4, 0.5) is 11.6 Å². The predicted molar refractivity (Wildman–Crippen MR) is 428 cm³/mol. The number of allylic oxidation sites excluding steroid dienone is 2. The lowest BCUT2D eigenvalue weighted by Crippen LogP contribution is -2.46. The number of ether oxygens (including phenoxy) is 2. The number of fused-ring (bicyclic) bond motifs is 2. The molecule has 6 rings (SSSR count). The van der Waals surface area contributed by atoms with Gasteiger partial charge in [0.1, 0.15) is 72.5 Å². The predicted octanol–water partition coefficient (Wildman–Crippen LogP) is 3.94. The van der Waals surface area contributed by atoms with E-state index < -0.39 is 169 Å². The minimum Gasteiger partial charge on any atom is -0.386 e. The van der Waals surface area contributed by atoms with E-state index in [-0.39, 0.29) is 83.2 Å². The van der Waals surface area contributed by atoms with Crippen LogP contribution in [0.15, 0.2) is 49.6 Å². The molecular weight excluding hydrogens is 1760 g/mol. The number of nitrogens with two attached hydrogens (primary N) is 2. The zero-order valence-electron chi connectivity index (χ0n) is 66.4. The number of amides is 4. The molecule has 0 spiro atoms. The van der Waals surface area contributed by atoms with E-state index in [2.05, 4.69) is 75.8 Å². The van der Waals surface area contributed by atoms with E-state index in [9.17, 15) is 116 Å². The van der Waals surface area contributed by atoms with Gasteiger partial charge in [0.25, 0.3) is 0 Å². The van der Waals surface area contributed by atoms with Crippen LogP contribution in [0, 0.1) is 10.8 Å². The van der Waals surface area contributed by atoms with Gasteiger partial charge < -0.3 is 102 Å². The fourth-order valence-electron chi connectivity index (χ4n) is 11.1. The van der Waals surface area contributed by atoms with Crippen molar-refractivity contribution < 1.29 is 161 Å². The molecule has 20 N–H and O–H groups in total. The lowest BCUT2D eigenvalue weighted by molar-refractivity contribution is -0.137. The van der Waals surface area contributed by atoms with Crippen molar-refractivity contribution in [1.82, 2.24) is 60.3 Å². The molecule has 6 heterocycles. The van der Waals surface area contributed by atoms with Gasteiger partial charge in [0.15, 0.2) is 35.4 Å². The molecule has 2 aliphatic rings. The van der Waals surface area contributed by atoms with Crippen LogP contribution in [0.1, 0.15) is 157 Å². The number of carbonyl (C=O) groups excluding carboxylic acids is 6. The Morgan fingerprint density at radius 1 is 0.508 bits per heavy atom. The molecule has 0 saturated carbocycles. The highest BCUT2D eigenvalue weighted by Gasteiger charge is 2.53. The molecule has 0 aliphatic carbocycles. The molecule has 14 atom stereocenters. The van der Waals surface area contributed by atoms with Crippen molar-refractivity contribution in [2.45, 2.75) is 206 Å². The van der Waals surface area contributed by atoms with Crippen molar-refractivity contribution >= 4 is 138 Å². The topological polar surface area (TPSA) is 727 Å². The van der Waals surface area contributed by atoms with Gasteiger partial charge in [0, 0.05) is 61.4 Å². The first-order valence-corrected chi connectivity index (χ1v) is 48.6. The number of anilines is 2. The zero-order chi connectivity index (χ0) is 89.5. The first-order valence-electron chi connectivity index (χ1n) is 37.6. The largest absolute Gasteiger partial charge is 0.481 e. The van der Waals surface area contributed by atoms with Crippen molar-refractivity contribution in [3.8, 4) is 0 Å². The van der Waals surface area contributed by atoms with Gasteiger partial charge in [0.05, 0.1) is 39.1 Å². The number of phosphoric acid groups is 6. The third kappa shape index (κ3) is 37.0. The number of phosphoric ester groups is 6. The number of hydrogen-bond acceptors (Lipinski definition) is 36. The summed E-state index contributed by atoms with van der Waals surface area (Å²) in [6, 6.07) is 0. The molecule has 680 valence electrons. The van der Waals surface area contributed by atoms with Crippen molar-refractivity contribution in [3.63, 3.8) is 0 Å². The van der Waals surface area contributed by atoms with Crippen LogP contribution >= 0.6 is 70.5 Å². The number of aliphatic hydroxyl groups excluding tert-OH is 4. The number of nitrogens with one attached hydrogen (secondary N) is 4. The van der Waals surface area contributed by atoms with Crippen LogP contribution < -0.4 is 32.7 Å². The number of aromatic nitrogens is 8. The summed E-state index contributed by atoms with van der Waals surface area (Å²) in [5.74, 6) is -2.22. The highest BCUT2D eigenvalue weighted by atomic mass is 32.2. The van der Waals surface area contributed by atoms with E-state index in [0.717, 1.165) is 90.1 Å². The maximum Gasteiger partial charge on any atom is 0.481 e. The quantitative estimate of drug-likeness (QED) is 0.0169. The summed E-state index contributed by atoms with van der Waals surface area (Å²) in [5.41, 5.74) is 8.54. The monoisotopic (exact) mass is 1870 g/mol. The second kappa shape index (κ2) is 49.5. The Labute approximate surface area is 697 Å². The van der Waals surface area contributed by atoms with Crippen LogP contribution in [0.3, 0.4) is 0 Å². The second-order valence-corrected chi connectivity index (χ2v) is 39.1. The molecule has 56 heteroatoms. The van der Waals surface area contributed by atoms with Gasteiger partial charge >= 0.3 is 46.9 Å². The maximum atomic E-state index is 12.7. The second-order valence-electron chi connectivity index (χ2n) is 28.4. The molecule has 2 fully saturated rings. The number of thioether (sulfide) groups is 2.